The molecule has 1 unspecified atom stereocenters. The summed E-state index contributed by atoms with van der Waals surface area (Å²) in [6, 6.07) is 1.64. The number of alkyl halides is 6. The van der Waals surface area contributed by atoms with E-state index in [0.29, 0.717) is 21.6 Å². The summed E-state index contributed by atoms with van der Waals surface area (Å²) in [6.07, 6.45) is -6.30. The van der Waals surface area contributed by atoms with Crippen molar-refractivity contribution in [2.75, 3.05) is 0 Å². The van der Waals surface area contributed by atoms with Gasteiger partial charge in [-0.05, 0) is 25.1 Å². The summed E-state index contributed by atoms with van der Waals surface area (Å²) in [5.41, 5.74) is -2.54. The molecular weight excluding hydrogens is 526 g/mol. The minimum atomic E-state index is -4.68. The first kappa shape index (κ1) is 24.4. The van der Waals surface area contributed by atoms with Gasteiger partial charge in [-0.3, -0.25) is 14.3 Å². The van der Waals surface area contributed by atoms with Crippen molar-refractivity contribution in [3.8, 4) is 5.82 Å². The molecule has 0 aliphatic heterocycles. The van der Waals surface area contributed by atoms with Crippen molar-refractivity contribution < 1.29 is 31.1 Å². The van der Waals surface area contributed by atoms with Crippen LogP contribution in [0.25, 0.3) is 5.82 Å². The maximum atomic E-state index is 13.0. The molecule has 3 aromatic rings. The predicted octanol–water partition coefficient (Wildman–Crippen LogP) is 3.66. The number of carbonyl (C=O) groups excluding carboxylic acids is 1. The van der Waals surface area contributed by atoms with Crippen LogP contribution in [0.15, 0.2) is 46.2 Å². The minimum absolute atomic E-state index is 0.0251. The molecule has 0 radical (unpaired) electrons. The first-order valence-corrected chi connectivity index (χ1v) is 9.76. The number of rotatable bonds is 5. The van der Waals surface area contributed by atoms with E-state index in [1.165, 1.54) is 19.2 Å². The lowest BCUT2D eigenvalue weighted by atomic mass is 10.1. The Balaban J connectivity index is 1.91. The second kappa shape index (κ2) is 8.96. The van der Waals surface area contributed by atoms with Crippen molar-refractivity contribution in [3.63, 3.8) is 0 Å². The molecule has 0 spiro atoms. The highest BCUT2D eigenvalue weighted by molar-refractivity contribution is 9.10. The van der Waals surface area contributed by atoms with Crippen LogP contribution in [0.3, 0.4) is 0 Å². The van der Waals surface area contributed by atoms with Gasteiger partial charge in [-0.25, -0.2) is 9.78 Å². The summed E-state index contributed by atoms with van der Waals surface area (Å²) in [6.45, 7) is -0.163. The second-order valence-electron chi connectivity index (χ2n) is 6.76. The summed E-state index contributed by atoms with van der Waals surface area (Å²) in [4.78, 5) is 32.8. The van der Waals surface area contributed by atoms with E-state index >= 15 is 0 Å². The lowest BCUT2D eigenvalue weighted by molar-refractivity contribution is -0.141. The van der Waals surface area contributed by atoms with Gasteiger partial charge >= 0.3 is 18.0 Å². The molecule has 176 valence electrons. The summed E-state index contributed by atoms with van der Waals surface area (Å²) in [5, 5.41) is 6.05. The van der Waals surface area contributed by atoms with E-state index in [1.54, 1.807) is 0 Å². The van der Waals surface area contributed by atoms with Crippen LogP contribution >= 0.6 is 15.9 Å². The average molecular weight is 539 g/mol. The molecule has 1 aromatic carbocycles. The number of amides is 1. The van der Waals surface area contributed by atoms with Crippen LogP contribution in [0.2, 0.25) is 0 Å². The maximum Gasteiger partial charge on any atom is 0.416 e. The molecule has 0 aliphatic rings. The Morgan fingerprint density at radius 3 is 2.42 bits per heavy atom. The maximum absolute atomic E-state index is 13.0. The van der Waals surface area contributed by atoms with Crippen molar-refractivity contribution in [1.29, 1.82) is 0 Å². The molecule has 0 aliphatic carbocycles. The van der Waals surface area contributed by atoms with Gasteiger partial charge in [0.1, 0.15) is 18.6 Å². The van der Waals surface area contributed by atoms with Gasteiger partial charge in [0.25, 0.3) is 5.91 Å². The molecule has 8 nitrogen and oxygen atoms in total. The summed E-state index contributed by atoms with van der Waals surface area (Å²) >= 11 is 2.93. The third-order valence-corrected chi connectivity index (χ3v) is 4.69. The van der Waals surface area contributed by atoms with Crippen molar-refractivity contribution >= 4 is 21.8 Å². The monoisotopic (exact) mass is 538 g/mol. The Morgan fingerprint density at radius 2 is 1.79 bits per heavy atom. The van der Waals surface area contributed by atoms with Crippen molar-refractivity contribution in [2.45, 2.75) is 31.9 Å². The van der Waals surface area contributed by atoms with Crippen molar-refractivity contribution in [3.05, 3.63) is 68.7 Å². The number of hydrogen-bond donors (Lipinski definition) is 1. The van der Waals surface area contributed by atoms with E-state index in [2.05, 4.69) is 36.3 Å². The summed E-state index contributed by atoms with van der Waals surface area (Å²) in [7, 11) is 0. The van der Waals surface area contributed by atoms with Crippen molar-refractivity contribution in [1.82, 2.24) is 29.6 Å². The number of halogens is 7. The van der Waals surface area contributed by atoms with Gasteiger partial charge in [0.2, 0.25) is 0 Å². The van der Waals surface area contributed by atoms with Crippen LogP contribution in [0, 0.1) is 0 Å². The quantitative estimate of drug-likeness (QED) is 0.500. The molecule has 0 fully saturated rings. The molecule has 0 saturated carbocycles. The molecular formula is C18H13BrF6N6O2. The van der Waals surface area contributed by atoms with Gasteiger partial charge in [-0.2, -0.15) is 36.1 Å². The van der Waals surface area contributed by atoms with Crippen LogP contribution in [-0.4, -0.2) is 36.4 Å². The number of aromatic nitrogens is 5. The molecule has 0 saturated heterocycles. The smallest absolute Gasteiger partial charge is 0.344 e. The van der Waals surface area contributed by atoms with Crippen LogP contribution in [0.1, 0.15) is 34.6 Å². The molecule has 33 heavy (non-hydrogen) atoms. The van der Waals surface area contributed by atoms with E-state index in [9.17, 15) is 35.9 Å². The van der Waals surface area contributed by atoms with E-state index in [1.807, 2.05) is 0 Å². The van der Waals surface area contributed by atoms with Gasteiger partial charge in [0.15, 0.2) is 5.82 Å². The Kier molecular flexibility index (Phi) is 6.63. The third kappa shape index (κ3) is 5.77. The van der Waals surface area contributed by atoms with Crippen molar-refractivity contribution in [2.24, 2.45) is 0 Å². The zero-order valence-corrected chi connectivity index (χ0v) is 18.0. The SMILES string of the molecule is CC(NC(=O)c1cc(Br)cc(C(F)(F)F)c1)c1nccnc1-n1ncn(CC(F)(F)F)c1=O. The molecule has 15 heteroatoms. The first-order chi connectivity index (χ1) is 15.3. The normalized spacial score (nSPS) is 13.1. The Morgan fingerprint density at radius 1 is 1.12 bits per heavy atom. The molecule has 2 aromatic heterocycles. The number of nitrogens with one attached hydrogen (secondary N) is 1. The first-order valence-electron chi connectivity index (χ1n) is 8.97. The molecule has 0 bridgehead atoms. The predicted molar refractivity (Wildman–Crippen MR) is 104 cm³/mol. The van der Waals surface area contributed by atoms with E-state index in [-0.39, 0.29) is 21.5 Å². The molecule has 3 rings (SSSR count). The largest absolute Gasteiger partial charge is 0.416 e. The summed E-state index contributed by atoms with van der Waals surface area (Å²) < 4.78 is 77.9. The third-order valence-electron chi connectivity index (χ3n) is 4.23. The Hall–Kier alpha value is -3.23. The zero-order valence-electron chi connectivity index (χ0n) is 16.4. The highest BCUT2D eigenvalue weighted by atomic mass is 79.9. The lowest BCUT2D eigenvalue weighted by Gasteiger charge is -2.16. The average Bonchev–Trinajstić information content (AvgIpc) is 3.05. The number of nitrogens with zero attached hydrogens (tertiary/aromatic N) is 5. The number of hydrogen-bond acceptors (Lipinski definition) is 5. The fraction of sp³-hybridized carbons (Fsp3) is 0.278. The number of carbonyl (C=O) groups is 1. The van der Waals surface area contributed by atoms with Gasteiger partial charge in [-0.1, -0.05) is 15.9 Å². The fourth-order valence-electron chi connectivity index (χ4n) is 2.82. The second-order valence-corrected chi connectivity index (χ2v) is 7.67. The fourth-order valence-corrected chi connectivity index (χ4v) is 3.32. The molecule has 1 N–H and O–H groups in total. The molecule has 1 atom stereocenters. The minimum Gasteiger partial charge on any atom is -0.344 e. The van der Waals surface area contributed by atoms with Gasteiger partial charge < -0.3 is 5.32 Å². The van der Waals surface area contributed by atoms with Gasteiger partial charge in [-0.15, -0.1) is 0 Å². The molecule has 1 amide bonds. The molecule has 2 heterocycles. The van der Waals surface area contributed by atoms with Crippen LogP contribution in [0.5, 0.6) is 0 Å². The van der Waals surface area contributed by atoms with E-state index in [0.717, 1.165) is 12.3 Å². The van der Waals surface area contributed by atoms with Crippen LogP contribution < -0.4 is 11.0 Å². The highest BCUT2D eigenvalue weighted by Gasteiger charge is 2.32. The standard InChI is InChI=1S/C18H13BrF6N6O2/c1-9(29-15(32)10-4-11(18(23,24)25)6-12(19)5-10)13-14(27-3-2-26-13)31-16(33)30(8-28-31)7-17(20,21)22/h2-6,8-9H,7H2,1H3,(H,29,32). The Bertz CT molecular complexity index is 1240. The highest BCUT2D eigenvalue weighted by Crippen LogP contribution is 2.32. The van der Waals surface area contributed by atoms with E-state index < -0.39 is 42.1 Å². The van der Waals surface area contributed by atoms with Crippen LogP contribution in [0.4, 0.5) is 26.3 Å². The van der Waals surface area contributed by atoms with Gasteiger partial charge in [0, 0.05) is 22.4 Å². The summed E-state index contributed by atoms with van der Waals surface area (Å²) in [5.74, 6) is -1.14. The van der Waals surface area contributed by atoms with Gasteiger partial charge in [0.05, 0.1) is 11.6 Å². The topological polar surface area (TPSA) is 94.7 Å². The van der Waals surface area contributed by atoms with E-state index in [4.69, 9.17) is 0 Å². The Labute approximate surface area is 189 Å². The zero-order chi connectivity index (χ0) is 24.6. The number of benzene rings is 1. The van der Waals surface area contributed by atoms with Crippen LogP contribution in [-0.2, 0) is 12.7 Å². The lowest BCUT2D eigenvalue weighted by Crippen LogP contribution is -2.32.